The second kappa shape index (κ2) is 6.95. The van der Waals surface area contributed by atoms with E-state index >= 15 is 0 Å². The second-order valence-electron chi connectivity index (χ2n) is 6.35. The molecule has 1 amide bonds. The zero-order chi connectivity index (χ0) is 17.1. The van der Waals surface area contributed by atoms with Crippen molar-refractivity contribution in [1.82, 2.24) is 9.97 Å². The molecule has 0 spiro atoms. The third-order valence-corrected chi connectivity index (χ3v) is 4.12. The van der Waals surface area contributed by atoms with Crippen molar-refractivity contribution in [3.8, 4) is 0 Å². The van der Waals surface area contributed by atoms with Crippen LogP contribution in [0.3, 0.4) is 0 Å². The standard InChI is InChI=1S/C18H21FN4O/c1-12-4-3-9-23(11-12)18-20-13(2)10-16(22-18)17(24)21-15-7-5-14(19)6-8-15/h5-8,10,12H,3-4,9,11H2,1-2H3,(H,21,24). The van der Waals surface area contributed by atoms with E-state index in [4.69, 9.17) is 0 Å². The number of hydrogen-bond donors (Lipinski definition) is 1. The molecule has 1 saturated heterocycles. The highest BCUT2D eigenvalue weighted by atomic mass is 19.1. The normalized spacial score (nSPS) is 17.6. The van der Waals surface area contributed by atoms with Crippen LogP contribution in [0.5, 0.6) is 0 Å². The van der Waals surface area contributed by atoms with Gasteiger partial charge in [-0.25, -0.2) is 14.4 Å². The summed E-state index contributed by atoms with van der Waals surface area (Å²) in [6.07, 6.45) is 2.32. The monoisotopic (exact) mass is 328 g/mol. The van der Waals surface area contributed by atoms with E-state index in [1.54, 1.807) is 6.07 Å². The predicted octanol–water partition coefficient (Wildman–Crippen LogP) is 3.41. The average Bonchev–Trinajstić information content (AvgIpc) is 2.56. The largest absolute Gasteiger partial charge is 0.341 e. The third-order valence-electron chi connectivity index (χ3n) is 4.12. The quantitative estimate of drug-likeness (QED) is 0.938. The number of hydrogen-bond acceptors (Lipinski definition) is 4. The van der Waals surface area contributed by atoms with E-state index < -0.39 is 0 Å². The zero-order valence-electron chi connectivity index (χ0n) is 13.9. The lowest BCUT2D eigenvalue weighted by Crippen LogP contribution is -2.36. The Morgan fingerprint density at radius 1 is 1.29 bits per heavy atom. The van der Waals surface area contributed by atoms with Crippen LogP contribution in [0.2, 0.25) is 0 Å². The number of benzene rings is 1. The van der Waals surface area contributed by atoms with E-state index in [9.17, 15) is 9.18 Å². The first-order valence-corrected chi connectivity index (χ1v) is 8.19. The number of aryl methyl sites for hydroxylation is 1. The van der Waals surface area contributed by atoms with Crippen molar-refractivity contribution < 1.29 is 9.18 Å². The molecule has 24 heavy (non-hydrogen) atoms. The van der Waals surface area contributed by atoms with Gasteiger partial charge in [-0.15, -0.1) is 0 Å². The number of halogens is 1. The van der Waals surface area contributed by atoms with Crippen LogP contribution in [0.1, 0.15) is 35.9 Å². The Balaban J connectivity index is 1.79. The summed E-state index contributed by atoms with van der Waals surface area (Å²) in [5.41, 5.74) is 1.60. The van der Waals surface area contributed by atoms with Gasteiger partial charge in [-0.3, -0.25) is 4.79 Å². The molecular formula is C18H21FN4O. The predicted molar refractivity (Wildman–Crippen MR) is 91.7 cm³/mol. The molecule has 1 fully saturated rings. The maximum atomic E-state index is 13.0. The van der Waals surface area contributed by atoms with E-state index in [1.807, 2.05) is 6.92 Å². The number of nitrogens with zero attached hydrogens (tertiary/aromatic N) is 3. The molecule has 6 heteroatoms. The molecule has 1 aromatic heterocycles. The summed E-state index contributed by atoms with van der Waals surface area (Å²) < 4.78 is 13.0. The first-order valence-electron chi connectivity index (χ1n) is 8.19. The van der Waals surface area contributed by atoms with E-state index in [2.05, 4.69) is 27.1 Å². The van der Waals surface area contributed by atoms with E-state index in [0.29, 0.717) is 23.2 Å². The van der Waals surface area contributed by atoms with Crippen molar-refractivity contribution in [2.24, 2.45) is 5.92 Å². The molecule has 1 atom stereocenters. The molecule has 5 nitrogen and oxygen atoms in total. The number of amides is 1. The molecule has 3 rings (SSSR count). The Morgan fingerprint density at radius 3 is 2.75 bits per heavy atom. The fraction of sp³-hybridized carbons (Fsp3) is 0.389. The van der Waals surface area contributed by atoms with Crippen LogP contribution < -0.4 is 10.2 Å². The molecule has 0 aliphatic carbocycles. The van der Waals surface area contributed by atoms with Crippen LogP contribution in [-0.4, -0.2) is 29.0 Å². The molecule has 0 saturated carbocycles. The number of nitrogens with one attached hydrogen (secondary N) is 1. The minimum absolute atomic E-state index is 0.319. The molecule has 1 aliphatic heterocycles. The van der Waals surface area contributed by atoms with Gasteiger partial charge in [0.2, 0.25) is 5.95 Å². The molecule has 2 aromatic rings. The zero-order valence-corrected chi connectivity index (χ0v) is 13.9. The Bertz CT molecular complexity index is 732. The fourth-order valence-corrected chi connectivity index (χ4v) is 2.91. The molecule has 126 valence electrons. The highest BCUT2D eigenvalue weighted by molar-refractivity contribution is 6.03. The number of rotatable bonds is 3. The summed E-state index contributed by atoms with van der Waals surface area (Å²) in [4.78, 5) is 23.5. The van der Waals surface area contributed by atoms with Gasteiger partial charge in [0.15, 0.2) is 0 Å². The van der Waals surface area contributed by atoms with Gasteiger partial charge in [-0.05, 0) is 56.0 Å². The Kier molecular flexibility index (Phi) is 4.74. The summed E-state index contributed by atoms with van der Waals surface area (Å²) in [7, 11) is 0. The smallest absolute Gasteiger partial charge is 0.274 e. The fourth-order valence-electron chi connectivity index (χ4n) is 2.91. The molecule has 1 aromatic carbocycles. The van der Waals surface area contributed by atoms with Crippen molar-refractivity contribution in [2.45, 2.75) is 26.7 Å². The van der Waals surface area contributed by atoms with E-state index in [0.717, 1.165) is 25.2 Å². The van der Waals surface area contributed by atoms with Crippen molar-refractivity contribution in [2.75, 3.05) is 23.3 Å². The minimum Gasteiger partial charge on any atom is -0.341 e. The lowest BCUT2D eigenvalue weighted by atomic mass is 10.0. The maximum Gasteiger partial charge on any atom is 0.274 e. The van der Waals surface area contributed by atoms with Gasteiger partial charge in [-0.2, -0.15) is 0 Å². The summed E-state index contributed by atoms with van der Waals surface area (Å²) in [6, 6.07) is 7.32. The molecule has 0 radical (unpaired) electrons. The van der Waals surface area contributed by atoms with Crippen molar-refractivity contribution >= 4 is 17.5 Å². The number of anilines is 2. The van der Waals surface area contributed by atoms with Crippen molar-refractivity contribution in [3.63, 3.8) is 0 Å². The van der Waals surface area contributed by atoms with Gasteiger partial charge in [0.1, 0.15) is 11.5 Å². The van der Waals surface area contributed by atoms with Crippen molar-refractivity contribution in [3.05, 3.63) is 47.5 Å². The molecule has 1 aliphatic rings. The van der Waals surface area contributed by atoms with Crippen LogP contribution in [-0.2, 0) is 0 Å². The number of carbonyl (C=O) groups is 1. The summed E-state index contributed by atoms with van der Waals surface area (Å²) in [5.74, 6) is 0.538. The minimum atomic E-state index is -0.340. The SMILES string of the molecule is Cc1cc(C(=O)Nc2ccc(F)cc2)nc(N2CCCC(C)C2)n1. The van der Waals surface area contributed by atoms with Crippen molar-refractivity contribution in [1.29, 1.82) is 0 Å². The highest BCUT2D eigenvalue weighted by Crippen LogP contribution is 2.21. The Labute approximate surface area is 140 Å². The first-order chi connectivity index (χ1) is 11.5. The van der Waals surface area contributed by atoms with Crippen LogP contribution >= 0.6 is 0 Å². The van der Waals surface area contributed by atoms with Gasteiger partial charge >= 0.3 is 0 Å². The molecule has 0 bridgehead atoms. The number of carbonyl (C=O) groups excluding carboxylic acids is 1. The summed E-state index contributed by atoms with van der Waals surface area (Å²) >= 11 is 0. The highest BCUT2D eigenvalue weighted by Gasteiger charge is 2.20. The molecule has 1 unspecified atom stereocenters. The second-order valence-corrected chi connectivity index (χ2v) is 6.35. The molecular weight excluding hydrogens is 307 g/mol. The Hall–Kier alpha value is -2.50. The maximum absolute atomic E-state index is 13.0. The van der Waals surface area contributed by atoms with E-state index in [1.165, 1.54) is 30.7 Å². The van der Waals surface area contributed by atoms with Crippen LogP contribution in [0, 0.1) is 18.7 Å². The molecule has 1 N–H and O–H groups in total. The van der Waals surface area contributed by atoms with Gasteiger partial charge in [0.05, 0.1) is 0 Å². The van der Waals surface area contributed by atoms with Crippen LogP contribution in [0.25, 0.3) is 0 Å². The number of aromatic nitrogens is 2. The summed E-state index contributed by atoms with van der Waals surface area (Å²) in [5, 5.41) is 2.74. The van der Waals surface area contributed by atoms with E-state index in [-0.39, 0.29) is 11.7 Å². The lowest BCUT2D eigenvalue weighted by Gasteiger charge is -2.31. The molecule has 2 heterocycles. The van der Waals surface area contributed by atoms with Crippen LogP contribution in [0.15, 0.2) is 30.3 Å². The summed E-state index contributed by atoms with van der Waals surface area (Å²) in [6.45, 7) is 5.88. The van der Waals surface area contributed by atoms with Gasteiger partial charge in [0, 0.05) is 24.5 Å². The average molecular weight is 328 g/mol. The van der Waals surface area contributed by atoms with Crippen LogP contribution in [0.4, 0.5) is 16.0 Å². The number of piperidine rings is 1. The lowest BCUT2D eigenvalue weighted by molar-refractivity contribution is 0.102. The Morgan fingerprint density at radius 2 is 2.04 bits per heavy atom. The third kappa shape index (κ3) is 3.88. The van der Waals surface area contributed by atoms with Gasteiger partial charge in [-0.1, -0.05) is 6.92 Å². The first kappa shape index (κ1) is 16.4. The topological polar surface area (TPSA) is 58.1 Å². The van der Waals surface area contributed by atoms with Gasteiger partial charge in [0.25, 0.3) is 5.91 Å². The van der Waals surface area contributed by atoms with Gasteiger partial charge < -0.3 is 10.2 Å².